The van der Waals surface area contributed by atoms with Crippen LogP contribution >= 0.6 is 11.8 Å². The molecule has 2 aliphatic heterocycles. The van der Waals surface area contributed by atoms with E-state index in [9.17, 15) is 24.8 Å². The maximum absolute atomic E-state index is 12.6. The average Bonchev–Trinajstić information content (AvgIpc) is 3.31. The number of benzene rings is 1. The van der Waals surface area contributed by atoms with E-state index in [2.05, 4.69) is 5.10 Å². The Morgan fingerprint density at radius 1 is 1.40 bits per heavy atom. The summed E-state index contributed by atoms with van der Waals surface area (Å²) >= 11 is 1.23. The Kier molecular flexibility index (Phi) is 5.14. The number of fused-ring (bicyclic) bond motifs is 1. The molecular formula is C19H16N4O6S. The monoisotopic (exact) mass is 428 g/mol. The summed E-state index contributed by atoms with van der Waals surface area (Å²) in [5.41, 5.74) is 1.81. The number of aromatic nitrogens is 2. The van der Waals surface area contributed by atoms with Gasteiger partial charge in [-0.15, -0.1) is 0 Å². The molecule has 1 aromatic carbocycles. The topological polar surface area (TPSA) is 128 Å². The summed E-state index contributed by atoms with van der Waals surface area (Å²) in [6.45, 7) is -0.512. The van der Waals surface area contributed by atoms with Crippen LogP contribution in [0.2, 0.25) is 0 Å². The van der Waals surface area contributed by atoms with Gasteiger partial charge in [0.25, 0.3) is 11.6 Å². The number of hydrogen-bond donors (Lipinski definition) is 1. The molecule has 0 aliphatic carbocycles. The molecule has 10 nitrogen and oxygen atoms in total. The summed E-state index contributed by atoms with van der Waals surface area (Å²) < 4.78 is 6.90. The van der Waals surface area contributed by atoms with Crippen molar-refractivity contribution in [2.24, 2.45) is 7.05 Å². The number of nitro groups is 1. The molecule has 1 amide bonds. The molecule has 3 heterocycles. The van der Waals surface area contributed by atoms with Crippen molar-refractivity contribution in [1.82, 2.24) is 14.7 Å². The Morgan fingerprint density at radius 3 is 2.73 bits per heavy atom. The summed E-state index contributed by atoms with van der Waals surface area (Å²) in [6, 6.07) is 5.61. The van der Waals surface area contributed by atoms with Crippen LogP contribution < -0.4 is 0 Å². The number of hydrogen-bond acceptors (Lipinski definition) is 8. The molecule has 30 heavy (non-hydrogen) atoms. The second kappa shape index (κ2) is 7.76. The molecule has 1 saturated heterocycles. The van der Waals surface area contributed by atoms with Crippen LogP contribution in [0.15, 0.2) is 52.8 Å². The molecule has 11 heteroatoms. The number of nitrogens with zero attached hydrogens (tertiary/aromatic N) is 4. The van der Waals surface area contributed by atoms with E-state index in [-0.39, 0.29) is 23.9 Å². The van der Waals surface area contributed by atoms with Crippen LogP contribution in [0.4, 0.5) is 5.69 Å². The predicted molar refractivity (Wildman–Crippen MR) is 106 cm³/mol. The lowest BCUT2D eigenvalue weighted by molar-refractivity contribution is -0.384. The van der Waals surface area contributed by atoms with Gasteiger partial charge in [-0.1, -0.05) is 11.8 Å². The summed E-state index contributed by atoms with van der Waals surface area (Å²) in [6.07, 6.45) is 5.11. The Balaban J connectivity index is 1.47. The van der Waals surface area contributed by atoms with Gasteiger partial charge in [-0.25, -0.2) is 4.79 Å². The number of nitro benzene ring substituents is 1. The first-order valence-electron chi connectivity index (χ1n) is 8.84. The number of aliphatic hydroxyl groups excluding tert-OH is 1. The third-order valence-corrected chi connectivity index (χ3v) is 5.92. The van der Waals surface area contributed by atoms with Crippen LogP contribution in [0.25, 0.3) is 6.08 Å². The van der Waals surface area contributed by atoms with Gasteiger partial charge in [0.1, 0.15) is 17.7 Å². The summed E-state index contributed by atoms with van der Waals surface area (Å²) in [5.74, 6) is -1.07. The molecule has 1 aromatic heterocycles. The fourth-order valence-electron chi connectivity index (χ4n) is 3.17. The predicted octanol–water partition coefficient (Wildman–Crippen LogP) is 1.57. The van der Waals surface area contributed by atoms with E-state index >= 15 is 0 Å². The zero-order valence-corrected chi connectivity index (χ0v) is 16.5. The smallest absolute Gasteiger partial charge is 0.356 e. The average molecular weight is 428 g/mol. The minimum Gasteiger partial charge on any atom is -0.456 e. The molecule has 1 unspecified atom stereocenters. The molecule has 4 rings (SSSR count). The fraction of sp³-hybridized carbons (Fsp3) is 0.211. The highest BCUT2D eigenvalue weighted by molar-refractivity contribution is 8.04. The van der Waals surface area contributed by atoms with E-state index in [4.69, 9.17) is 4.74 Å². The van der Waals surface area contributed by atoms with E-state index in [1.807, 2.05) is 0 Å². The first-order valence-corrected chi connectivity index (χ1v) is 9.72. The van der Waals surface area contributed by atoms with Gasteiger partial charge in [0.15, 0.2) is 0 Å². The van der Waals surface area contributed by atoms with Crippen molar-refractivity contribution in [2.75, 3.05) is 6.61 Å². The molecule has 1 atom stereocenters. The molecule has 0 bridgehead atoms. The summed E-state index contributed by atoms with van der Waals surface area (Å²) in [4.78, 5) is 37.1. The van der Waals surface area contributed by atoms with Crippen molar-refractivity contribution in [3.8, 4) is 0 Å². The number of non-ortho nitro benzene ring substituents is 1. The zero-order valence-electron chi connectivity index (χ0n) is 15.7. The van der Waals surface area contributed by atoms with Gasteiger partial charge < -0.3 is 9.84 Å². The van der Waals surface area contributed by atoms with Gasteiger partial charge in [-0.2, -0.15) is 5.10 Å². The van der Waals surface area contributed by atoms with E-state index in [1.54, 1.807) is 30.2 Å². The lowest BCUT2D eigenvalue weighted by Crippen LogP contribution is -2.51. The van der Waals surface area contributed by atoms with Gasteiger partial charge in [0.2, 0.25) is 0 Å². The number of esters is 1. The molecule has 1 fully saturated rings. The number of rotatable bonds is 6. The van der Waals surface area contributed by atoms with E-state index in [0.717, 1.165) is 5.56 Å². The Labute approximate surface area is 174 Å². The normalized spacial score (nSPS) is 19.1. The van der Waals surface area contributed by atoms with Crippen molar-refractivity contribution < 1.29 is 24.4 Å². The summed E-state index contributed by atoms with van der Waals surface area (Å²) in [5, 5.41) is 24.0. The van der Waals surface area contributed by atoms with Gasteiger partial charge >= 0.3 is 5.97 Å². The molecule has 1 N–H and O–H groups in total. The van der Waals surface area contributed by atoms with Crippen molar-refractivity contribution in [2.45, 2.75) is 12.0 Å². The first kappa shape index (κ1) is 19.9. The van der Waals surface area contributed by atoms with Crippen LogP contribution in [-0.2, 0) is 28.0 Å². The third-order valence-electron chi connectivity index (χ3n) is 4.63. The van der Waals surface area contributed by atoms with Crippen LogP contribution in [0.5, 0.6) is 0 Å². The standard InChI is InChI=1S/C19H16N4O6S/c1-21-8-12(7-20-21)6-14-17(25)22-16(15(9-24)30-18(14)22)19(26)29-10-11-2-4-13(5-3-11)23(27)28/h2-8,18,24H,9-10H2,1H3/b14-6-. The van der Waals surface area contributed by atoms with Crippen LogP contribution in [0.3, 0.4) is 0 Å². The number of thioether (sulfide) groups is 1. The second-order valence-corrected chi connectivity index (χ2v) is 7.80. The molecule has 154 valence electrons. The molecule has 2 aromatic rings. The number of ether oxygens (including phenoxy) is 1. The van der Waals surface area contributed by atoms with Gasteiger partial charge in [-0.3, -0.25) is 24.5 Å². The van der Waals surface area contributed by atoms with Gasteiger partial charge in [0, 0.05) is 35.8 Å². The Bertz CT molecular complexity index is 1100. The molecular weight excluding hydrogens is 412 g/mol. The largest absolute Gasteiger partial charge is 0.456 e. The molecule has 0 saturated carbocycles. The van der Waals surface area contributed by atoms with E-state index < -0.39 is 22.9 Å². The lowest BCUT2D eigenvalue weighted by Gasteiger charge is -2.37. The number of β-lactam (4-membered cyclic amide) rings is 1. The quantitative estimate of drug-likeness (QED) is 0.241. The number of aryl methyl sites for hydroxylation is 1. The van der Waals surface area contributed by atoms with E-state index in [0.29, 0.717) is 16.0 Å². The van der Waals surface area contributed by atoms with Gasteiger partial charge in [-0.05, 0) is 23.8 Å². The van der Waals surface area contributed by atoms with Crippen LogP contribution in [0, 0.1) is 10.1 Å². The third kappa shape index (κ3) is 3.48. The van der Waals surface area contributed by atoms with Crippen molar-refractivity contribution >= 4 is 35.4 Å². The lowest BCUT2D eigenvalue weighted by atomic mass is 10.0. The number of carbonyl (C=O) groups is 2. The maximum Gasteiger partial charge on any atom is 0.356 e. The molecule has 2 aliphatic rings. The molecule has 0 spiro atoms. The Morgan fingerprint density at radius 2 is 2.13 bits per heavy atom. The Hall–Kier alpha value is -3.44. The van der Waals surface area contributed by atoms with Gasteiger partial charge in [0.05, 0.1) is 23.3 Å². The van der Waals surface area contributed by atoms with Crippen LogP contribution in [-0.4, -0.2) is 48.6 Å². The first-order chi connectivity index (χ1) is 14.4. The fourth-order valence-corrected chi connectivity index (χ4v) is 4.41. The minimum absolute atomic E-state index is 0.0303. The maximum atomic E-state index is 12.6. The van der Waals surface area contributed by atoms with Crippen LogP contribution in [0.1, 0.15) is 11.1 Å². The minimum atomic E-state index is -0.735. The van der Waals surface area contributed by atoms with Crippen molar-refractivity contribution in [1.29, 1.82) is 0 Å². The highest BCUT2D eigenvalue weighted by Gasteiger charge is 2.52. The van der Waals surface area contributed by atoms with Crippen molar-refractivity contribution in [3.05, 3.63) is 74.1 Å². The van der Waals surface area contributed by atoms with Crippen molar-refractivity contribution in [3.63, 3.8) is 0 Å². The molecule has 0 radical (unpaired) electrons. The zero-order chi connectivity index (χ0) is 21.4. The summed E-state index contributed by atoms with van der Waals surface area (Å²) in [7, 11) is 1.77. The highest BCUT2D eigenvalue weighted by atomic mass is 32.2. The number of carbonyl (C=O) groups excluding carboxylic acids is 2. The highest BCUT2D eigenvalue weighted by Crippen LogP contribution is 2.49. The SMILES string of the molecule is Cn1cc(/C=C2/C(=O)N3C(C(=O)OCc4ccc([N+](=O)[O-])cc4)=C(CO)SC23)cn1. The second-order valence-electron chi connectivity index (χ2n) is 6.62. The number of aliphatic hydroxyl groups is 1. The van der Waals surface area contributed by atoms with E-state index in [1.165, 1.54) is 40.9 Å². The number of amides is 1.